The summed E-state index contributed by atoms with van der Waals surface area (Å²) in [5.74, 6) is 0.837. The van der Waals surface area contributed by atoms with Crippen molar-refractivity contribution in [3.05, 3.63) is 34.9 Å². The van der Waals surface area contributed by atoms with Crippen molar-refractivity contribution in [1.29, 1.82) is 0 Å². The molecule has 0 unspecified atom stereocenters. The molecule has 0 radical (unpaired) electrons. The van der Waals surface area contributed by atoms with Crippen LogP contribution in [0.15, 0.2) is 18.2 Å². The number of rotatable bonds is 45. The van der Waals surface area contributed by atoms with Crippen molar-refractivity contribution in [2.45, 2.75) is 273 Å². The van der Waals surface area contributed by atoms with Gasteiger partial charge in [-0.1, -0.05) is 253 Å². The van der Waals surface area contributed by atoms with E-state index in [-0.39, 0.29) is 23.3 Å². The molecule has 0 fully saturated rings. The molecule has 1 aromatic rings. The molecule has 1 rings (SSSR count). The van der Waals surface area contributed by atoms with Gasteiger partial charge in [-0.15, -0.1) is 0 Å². The Morgan fingerprint density at radius 2 is 0.556 bits per heavy atom. The first-order valence-corrected chi connectivity index (χ1v) is 27.3. The third kappa shape index (κ3) is 36.5. The summed E-state index contributed by atoms with van der Waals surface area (Å²) in [7, 11) is 0. The van der Waals surface area contributed by atoms with E-state index in [1.807, 2.05) is 0 Å². The second kappa shape index (κ2) is 42.3. The zero-order chi connectivity index (χ0) is 46.0. The van der Waals surface area contributed by atoms with E-state index in [9.17, 15) is 14.4 Å². The van der Waals surface area contributed by atoms with Crippen molar-refractivity contribution in [1.82, 2.24) is 0 Å². The molecule has 0 aliphatic carbocycles. The van der Waals surface area contributed by atoms with Crippen molar-refractivity contribution in [3.63, 3.8) is 0 Å². The Morgan fingerprint density at radius 3 is 0.841 bits per heavy atom. The fourth-order valence-corrected chi connectivity index (χ4v) is 8.49. The molecule has 6 heteroatoms. The molecule has 0 aliphatic heterocycles. The standard InChI is InChI=1S/C57H102O6/c1-49(2)40-34-28-22-16-10-7-13-19-25-31-37-45-61-55(58)52-43-44-53(56(59)62-46-38-32-26-20-14-8-11-17-23-29-35-41-50(3)4)54(48-52)57(60)63-47-39-33-27-21-15-9-12-18-24-30-36-42-51(5)6/h43-44,48-51H,7-42,45-47H2,1-6H3. The molecular formula is C57H102O6. The van der Waals surface area contributed by atoms with E-state index >= 15 is 0 Å². The van der Waals surface area contributed by atoms with E-state index < -0.39 is 17.9 Å². The molecule has 6 nitrogen and oxygen atoms in total. The molecule has 0 amide bonds. The second-order valence-corrected chi connectivity index (χ2v) is 20.4. The Hall–Kier alpha value is -2.37. The van der Waals surface area contributed by atoms with E-state index in [1.165, 1.54) is 185 Å². The topological polar surface area (TPSA) is 78.9 Å². The number of hydrogen-bond acceptors (Lipinski definition) is 6. The molecule has 0 aliphatic rings. The van der Waals surface area contributed by atoms with Gasteiger partial charge >= 0.3 is 17.9 Å². The fraction of sp³-hybridized carbons (Fsp3) is 0.842. The van der Waals surface area contributed by atoms with Crippen LogP contribution in [0, 0.1) is 17.8 Å². The molecule has 0 heterocycles. The van der Waals surface area contributed by atoms with Gasteiger partial charge in [-0.25, -0.2) is 14.4 Å². The Balaban J connectivity index is 2.48. The lowest BCUT2D eigenvalue weighted by Gasteiger charge is -2.12. The summed E-state index contributed by atoms with van der Waals surface area (Å²) in [5.41, 5.74) is 0.477. The van der Waals surface area contributed by atoms with Crippen LogP contribution in [-0.2, 0) is 14.2 Å². The van der Waals surface area contributed by atoms with Crippen molar-refractivity contribution >= 4 is 17.9 Å². The van der Waals surface area contributed by atoms with Crippen LogP contribution in [0.2, 0.25) is 0 Å². The van der Waals surface area contributed by atoms with Gasteiger partial charge in [0, 0.05) is 0 Å². The Morgan fingerprint density at radius 1 is 0.317 bits per heavy atom. The largest absolute Gasteiger partial charge is 0.462 e. The lowest BCUT2D eigenvalue weighted by molar-refractivity contribution is 0.0447. The van der Waals surface area contributed by atoms with Crippen molar-refractivity contribution < 1.29 is 28.6 Å². The van der Waals surface area contributed by atoms with Crippen molar-refractivity contribution in [2.24, 2.45) is 17.8 Å². The van der Waals surface area contributed by atoms with Crippen LogP contribution in [0.5, 0.6) is 0 Å². The molecule has 0 N–H and O–H groups in total. The van der Waals surface area contributed by atoms with Gasteiger partial charge in [0.1, 0.15) is 0 Å². The van der Waals surface area contributed by atoms with Gasteiger partial charge in [0.25, 0.3) is 0 Å². The summed E-state index contributed by atoms with van der Waals surface area (Å²) in [6.07, 6.45) is 44.6. The SMILES string of the molecule is CC(C)CCCCCCCCCCCCCOC(=O)c1ccc(C(=O)OCCCCCCCCCCCCCC(C)C)c(C(=O)OCCCCCCCCCCCCCC(C)C)c1. The highest BCUT2D eigenvalue weighted by Crippen LogP contribution is 2.20. The van der Waals surface area contributed by atoms with E-state index in [4.69, 9.17) is 14.2 Å². The highest BCUT2D eigenvalue weighted by Gasteiger charge is 2.22. The van der Waals surface area contributed by atoms with Gasteiger partial charge in [0.05, 0.1) is 36.5 Å². The van der Waals surface area contributed by atoms with Gasteiger partial charge in [-0.3, -0.25) is 0 Å². The average Bonchev–Trinajstić information content (AvgIpc) is 3.25. The number of ether oxygens (including phenoxy) is 3. The minimum absolute atomic E-state index is 0.0779. The van der Waals surface area contributed by atoms with Crippen LogP contribution >= 0.6 is 0 Å². The maximum atomic E-state index is 13.4. The van der Waals surface area contributed by atoms with E-state index in [2.05, 4.69) is 41.5 Å². The molecule has 0 bridgehead atoms. The number of benzene rings is 1. The minimum atomic E-state index is -0.591. The zero-order valence-electron chi connectivity index (χ0n) is 42.5. The van der Waals surface area contributed by atoms with Crippen LogP contribution < -0.4 is 0 Å². The zero-order valence-corrected chi connectivity index (χ0v) is 42.5. The van der Waals surface area contributed by atoms with Gasteiger partial charge < -0.3 is 14.2 Å². The van der Waals surface area contributed by atoms with Crippen molar-refractivity contribution in [3.8, 4) is 0 Å². The summed E-state index contributed by atoms with van der Waals surface area (Å²) in [6.45, 7) is 14.8. The molecule has 366 valence electrons. The van der Waals surface area contributed by atoms with E-state index in [0.717, 1.165) is 75.5 Å². The average molecular weight is 883 g/mol. The second-order valence-electron chi connectivity index (χ2n) is 20.4. The third-order valence-corrected chi connectivity index (χ3v) is 12.7. The maximum Gasteiger partial charge on any atom is 0.339 e. The number of hydrogen-bond donors (Lipinski definition) is 0. The Labute approximate surface area is 390 Å². The summed E-state index contributed by atoms with van der Waals surface area (Å²) in [4.78, 5) is 39.8. The molecule has 0 saturated carbocycles. The number of carbonyl (C=O) groups excluding carboxylic acids is 3. The fourth-order valence-electron chi connectivity index (χ4n) is 8.49. The Bertz CT molecular complexity index is 1220. The normalized spacial score (nSPS) is 11.6. The number of carbonyl (C=O) groups is 3. The van der Waals surface area contributed by atoms with Crippen LogP contribution in [0.4, 0.5) is 0 Å². The first-order valence-electron chi connectivity index (χ1n) is 27.3. The highest BCUT2D eigenvalue weighted by atomic mass is 16.5. The lowest BCUT2D eigenvalue weighted by Crippen LogP contribution is -2.17. The van der Waals surface area contributed by atoms with E-state index in [0.29, 0.717) is 13.2 Å². The van der Waals surface area contributed by atoms with Crippen LogP contribution in [0.25, 0.3) is 0 Å². The van der Waals surface area contributed by atoms with Crippen LogP contribution in [-0.4, -0.2) is 37.7 Å². The number of unbranched alkanes of at least 4 members (excludes halogenated alkanes) is 30. The minimum Gasteiger partial charge on any atom is -0.462 e. The smallest absolute Gasteiger partial charge is 0.339 e. The summed E-state index contributed by atoms with van der Waals surface area (Å²) < 4.78 is 16.9. The van der Waals surface area contributed by atoms with Gasteiger partial charge in [-0.05, 0) is 55.2 Å². The quantitative estimate of drug-likeness (QED) is 0.0369. The molecule has 0 saturated heterocycles. The Kier molecular flexibility index (Phi) is 39.4. The number of esters is 3. The maximum absolute atomic E-state index is 13.4. The predicted molar refractivity (Wildman–Crippen MR) is 268 cm³/mol. The van der Waals surface area contributed by atoms with E-state index in [1.54, 1.807) is 6.07 Å². The molecule has 63 heavy (non-hydrogen) atoms. The summed E-state index contributed by atoms with van der Waals surface area (Å²) in [5, 5.41) is 0. The van der Waals surface area contributed by atoms with Crippen LogP contribution in [0.3, 0.4) is 0 Å². The van der Waals surface area contributed by atoms with Crippen molar-refractivity contribution in [2.75, 3.05) is 19.8 Å². The van der Waals surface area contributed by atoms with Gasteiger partial charge in [-0.2, -0.15) is 0 Å². The lowest BCUT2D eigenvalue weighted by atomic mass is 10.0. The van der Waals surface area contributed by atoms with Gasteiger partial charge in [0.2, 0.25) is 0 Å². The van der Waals surface area contributed by atoms with Crippen LogP contribution in [0.1, 0.15) is 304 Å². The monoisotopic (exact) mass is 883 g/mol. The summed E-state index contributed by atoms with van der Waals surface area (Å²) in [6, 6.07) is 4.55. The third-order valence-electron chi connectivity index (χ3n) is 12.7. The molecule has 0 atom stereocenters. The predicted octanol–water partition coefficient (Wildman–Crippen LogP) is 18.2. The highest BCUT2D eigenvalue weighted by molar-refractivity contribution is 6.05. The summed E-state index contributed by atoms with van der Waals surface area (Å²) >= 11 is 0. The first kappa shape index (κ1) is 58.6. The molecule has 1 aromatic carbocycles. The molecular weight excluding hydrogens is 781 g/mol. The molecule has 0 spiro atoms. The van der Waals surface area contributed by atoms with Gasteiger partial charge in [0.15, 0.2) is 0 Å². The molecule has 0 aromatic heterocycles. The first-order chi connectivity index (χ1) is 30.6.